The molecule has 130 valence electrons. The van der Waals surface area contributed by atoms with Gasteiger partial charge >= 0.3 is 11.9 Å². The fourth-order valence-corrected chi connectivity index (χ4v) is 5.70. The van der Waals surface area contributed by atoms with Gasteiger partial charge in [-0.05, 0) is 61.3 Å². The minimum absolute atomic E-state index is 0.0625. The van der Waals surface area contributed by atoms with Crippen LogP contribution in [0.3, 0.4) is 0 Å². The second-order valence-corrected chi connectivity index (χ2v) is 8.34. The van der Waals surface area contributed by atoms with Crippen molar-refractivity contribution in [2.45, 2.75) is 52.4 Å². The van der Waals surface area contributed by atoms with Crippen molar-refractivity contribution in [3.05, 3.63) is 23.3 Å². The van der Waals surface area contributed by atoms with Crippen LogP contribution in [0.15, 0.2) is 23.3 Å². The van der Waals surface area contributed by atoms with Crippen molar-refractivity contribution in [2.24, 2.45) is 22.7 Å². The summed E-state index contributed by atoms with van der Waals surface area (Å²) < 4.78 is 10.5. The molecule has 2 aliphatic carbocycles. The second kappa shape index (κ2) is 5.47. The third kappa shape index (κ3) is 2.18. The predicted octanol–water partition coefficient (Wildman–Crippen LogP) is 3.57. The molecule has 2 heterocycles. The Hall–Kier alpha value is -1.58. The number of rotatable bonds is 3. The Kier molecular flexibility index (Phi) is 3.63. The Bertz CT molecular complexity index is 646. The number of allylic oxidation sites excluding steroid dienone is 1. The van der Waals surface area contributed by atoms with Gasteiger partial charge < -0.3 is 9.47 Å². The van der Waals surface area contributed by atoms with Crippen LogP contribution in [0.4, 0.5) is 0 Å². The van der Waals surface area contributed by atoms with Crippen molar-refractivity contribution < 1.29 is 19.1 Å². The average molecular weight is 330 g/mol. The molecule has 1 unspecified atom stereocenters. The van der Waals surface area contributed by atoms with E-state index in [1.165, 1.54) is 0 Å². The molecule has 4 heteroatoms. The summed E-state index contributed by atoms with van der Waals surface area (Å²) in [6.45, 7) is 5.77. The number of carbonyl (C=O) groups is 2. The second-order valence-electron chi connectivity index (χ2n) is 8.34. The van der Waals surface area contributed by atoms with Crippen LogP contribution in [0.1, 0.15) is 52.4 Å². The van der Waals surface area contributed by atoms with E-state index < -0.39 is 0 Å². The lowest BCUT2D eigenvalue weighted by atomic mass is 9.47. The maximum atomic E-state index is 12.2. The normalized spacial score (nSPS) is 41.1. The highest BCUT2D eigenvalue weighted by Gasteiger charge is 2.60. The Morgan fingerprint density at radius 1 is 1.25 bits per heavy atom. The number of carbonyl (C=O) groups excluding carboxylic acids is 2. The van der Waals surface area contributed by atoms with Crippen LogP contribution in [0.5, 0.6) is 0 Å². The van der Waals surface area contributed by atoms with Gasteiger partial charge in [-0.3, -0.25) is 0 Å². The fourth-order valence-electron chi connectivity index (χ4n) is 5.70. The molecular weight excluding hydrogens is 304 g/mol. The monoisotopic (exact) mass is 330 g/mol. The first-order chi connectivity index (χ1) is 11.5. The maximum Gasteiger partial charge on any atom is 0.334 e. The molecule has 2 fully saturated rings. The lowest BCUT2D eigenvalue weighted by Gasteiger charge is -2.56. The summed E-state index contributed by atoms with van der Waals surface area (Å²) in [5.74, 6) is 0.802. The van der Waals surface area contributed by atoms with Crippen molar-refractivity contribution in [1.82, 2.24) is 0 Å². The van der Waals surface area contributed by atoms with Gasteiger partial charge in [-0.1, -0.05) is 19.9 Å². The van der Waals surface area contributed by atoms with E-state index in [1.54, 1.807) is 6.08 Å². The van der Waals surface area contributed by atoms with Crippen molar-refractivity contribution in [3.63, 3.8) is 0 Å². The van der Waals surface area contributed by atoms with Crippen LogP contribution in [0.2, 0.25) is 0 Å². The largest absolute Gasteiger partial charge is 0.461 e. The van der Waals surface area contributed by atoms with Gasteiger partial charge in [0.25, 0.3) is 0 Å². The molecule has 0 aromatic heterocycles. The Morgan fingerprint density at radius 3 is 2.83 bits per heavy atom. The summed E-state index contributed by atoms with van der Waals surface area (Å²) in [6, 6.07) is 0. The predicted molar refractivity (Wildman–Crippen MR) is 89.0 cm³/mol. The number of ether oxygens (including phenoxy) is 2. The van der Waals surface area contributed by atoms with E-state index in [9.17, 15) is 9.59 Å². The van der Waals surface area contributed by atoms with Crippen LogP contribution >= 0.6 is 0 Å². The van der Waals surface area contributed by atoms with Gasteiger partial charge in [0.1, 0.15) is 13.2 Å². The molecule has 0 amide bonds. The average Bonchev–Trinajstić information content (AvgIpc) is 3.13. The summed E-state index contributed by atoms with van der Waals surface area (Å²) in [4.78, 5) is 23.5. The third-order valence-electron chi connectivity index (χ3n) is 7.34. The Balaban J connectivity index is 1.61. The topological polar surface area (TPSA) is 52.6 Å². The van der Waals surface area contributed by atoms with E-state index in [1.807, 2.05) is 0 Å². The highest BCUT2D eigenvalue weighted by atomic mass is 16.5. The molecule has 0 bridgehead atoms. The zero-order chi connectivity index (χ0) is 16.9. The third-order valence-corrected chi connectivity index (χ3v) is 7.34. The van der Waals surface area contributed by atoms with E-state index in [0.717, 1.165) is 49.7 Å². The number of hydrogen-bond donors (Lipinski definition) is 0. The van der Waals surface area contributed by atoms with E-state index in [0.29, 0.717) is 25.0 Å². The lowest BCUT2D eigenvalue weighted by molar-refractivity contribution is -0.136. The van der Waals surface area contributed by atoms with Gasteiger partial charge in [0.05, 0.1) is 0 Å². The summed E-state index contributed by atoms with van der Waals surface area (Å²) >= 11 is 0. The highest BCUT2D eigenvalue weighted by Crippen LogP contribution is 2.63. The molecule has 0 radical (unpaired) electrons. The summed E-state index contributed by atoms with van der Waals surface area (Å²) in [6.07, 6.45) is 10.1. The summed E-state index contributed by atoms with van der Waals surface area (Å²) in [5.41, 5.74) is 2.17. The molecule has 0 aromatic rings. The zero-order valence-electron chi connectivity index (χ0n) is 14.6. The molecule has 1 spiro atoms. The summed E-state index contributed by atoms with van der Waals surface area (Å²) in [5, 5.41) is 0. The first-order valence-corrected chi connectivity index (χ1v) is 9.20. The first kappa shape index (κ1) is 15.9. The molecule has 4 aliphatic rings. The minimum atomic E-state index is -0.207. The number of hydrogen-bond acceptors (Lipinski definition) is 4. The number of cyclic esters (lactones) is 2. The van der Waals surface area contributed by atoms with Crippen LogP contribution < -0.4 is 0 Å². The molecule has 0 aromatic carbocycles. The highest BCUT2D eigenvalue weighted by molar-refractivity contribution is 5.92. The molecule has 4 atom stereocenters. The van der Waals surface area contributed by atoms with E-state index in [-0.39, 0.29) is 22.8 Å². The van der Waals surface area contributed by atoms with E-state index in [4.69, 9.17) is 9.47 Å². The lowest BCUT2D eigenvalue weighted by Crippen LogP contribution is -2.51. The smallest absolute Gasteiger partial charge is 0.334 e. The molecule has 2 aliphatic heterocycles. The maximum absolute atomic E-state index is 12.2. The minimum Gasteiger partial charge on any atom is -0.461 e. The zero-order valence-corrected chi connectivity index (χ0v) is 14.6. The standard InChI is InChI=1S/C20H26O4/c1-13-6-9-20-12-24-18(22)15(20)4-3-5-16(20)19(13,2)8-7-14-10-17(21)23-11-14/h4,10,13,16H,3,5-9,11-12H2,1-2H3/t13-,16?,19+,20-/m1/s1. The van der Waals surface area contributed by atoms with Crippen molar-refractivity contribution in [1.29, 1.82) is 0 Å². The molecule has 4 nitrogen and oxygen atoms in total. The van der Waals surface area contributed by atoms with Crippen molar-refractivity contribution in [2.75, 3.05) is 13.2 Å². The van der Waals surface area contributed by atoms with Gasteiger partial charge in [0.15, 0.2) is 0 Å². The fraction of sp³-hybridized carbons (Fsp3) is 0.700. The Morgan fingerprint density at radius 2 is 2.08 bits per heavy atom. The number of esters is 2. The SMILES string of the molecule is C[C@@H]1CC[C@@]23COC(=O)C2=CCCC3[C@@]1(C)CCC1=CC(=O)OC1. The molecular formula is C20H26O4. The molecule has 24 heavy (non-hydrogen) atoms. The van der Waals surface area contributed by atoms with E-state index >= 15 is 0 Å². The Labute approximate surface area is 143 Å². The van der Waals surface area contributed by atoms with Crippen LogP contribution in [-0.2, 0) is 19.1 Å². The van der Waals surface area contributed by atoms with Crippen LogP contribution in [-0.4, -0.2) is 25.2 Å². The van der Waals surface area contributed by atoms with Crippen molar-refractivity contribution in [3.8, 4) is 0 Å². The van der Waals surface area contributed by atoms with Crippen molar-refractivity contribution >= 4 is 11.9 Å². The van der Waals surface area contributed by atoms with Crippen LogP contribution in [0, 0.1) is 22.7 Å². The van der Waals surface area contributed by atoms with Gasteiger partial charge in [0, 0.05) is 17.1 Å². The van der Waals surface area contributed by atoms with Gasteiger partial charge in [-0.25, -0.2) is 9.59 Å². The quantitative estimate of drug-likeness (QED) is 0.742. The van der Waals surface area contributed by atoms with Gasteiger partial charge in [-0.15, -0.1) is 0 Å². The van der Waals surface area contributed by atoms with Gasteiger partial charge in [-0.2, -0.15) is 0 Å². The van der Waals surface area contributed by atoms with Gasteiger partial charge in [0.2, 0.25) is 0 Å². The molecule has 0 N–H and O–H groups in total. The molecule has 4 rings (SSSR count). The molecule has 1 saturated carbocycles. The first-order valence-electron chi connectivity index (χ1n) is 9.20. The van der Waals surface area contributed by atoms with E-state index in [2.05, 4.69) is 19.9 Å². The summed E-state index contributed by atoms with van der Waals surface area (Å²) in [7, 11) is 0. The van der Waals surface area contributed by atoms with Crippen LogP contribution in [0.25, 0.3) is 0 Å². The molecule has 1 saturated heterocycles.